The Morgan fingerprint density at radius 2 is 1.23 bits per heavy atom. The Morgan fingerprint density at radius 3 is 1.61 bits per heavy atom. The Bertz CT molecular complexity index is 925. The lowest BCUT2D eigenvalue weighted by molar-refractivity contribution is -0.884. The van der Waals surface area contributed by atoms with Crippen molar-refractivity contribution < 1.29 is 24.3 Å². The molecule has 0 aromatic heterocycles. The van der Waals surface area contributed by atoms with E-state index in [0.717, 1.165) is 20.8 Å². The number of carbonyl (C=O) groups excluding carboxylic acids is 1. The predicted molar refractivity (Wildman–Crippen MR) is 124 cm³/mol. The van der Waals surface area contributed by atoms with E-state index in [-0.39, 0.29) is 11.1 Å². The first-order chi connectivity index (χ1) is 14.6. The van der Waals surface area contributed by atoms with E-state index in [1.165, 1.54) is 39.3 Å². The maximum Gasteiger partial charge on any atom is 0.335 e. The predicted octanol–water partition coefficient (Wildman–Crippen LogP) is 4.44. The summed E-state index contributed by atoms with van der Waals surface area (Å²) in [6.07, 6.45) is 0. The molecule has 3 aromatic carbocycles. The molecule has 0 aliphatic carbocycles. The lowest BCUT2D eigenvalue weighted by Crippen LogP contribution is -2.33. The van der Waals surface area contributed by atoms with Crippen LogP contribution in [0.2, 0.25) is 0 Å². The maximum absolute atomic E-state index is 10.7. The van der Waals surface area contributed by atoms with Crippen LogP contribution >= 0.6 is 21.6 Å². The molecule has 0 aliphatic rings. The Kier molecular flexibility index (Phi) is 9.18. The summed E-state index contributed by atoms with van der Waals surface area (Å²) in [4.78, 5) is 23.1. The molecule has 0 unspecified atom stereocenters. The first-order valence-corrected chi connectivity index (χ1v) is 11.6. The van der Waals surface area contributed by atoms with Gasteiger partial charge in [0, 0.05) is 15.4 Å². The zero-order valence-corrected chi connectivity index (χ0v) is 19.3. The van der Waals surface area contributed by atoms with Crippen LogP contribution in [0, 0.1) is 0 Å². The quantitative estimate of drug-likeness (QED) is 0.419. The molecule has 5 nitrogen and oxygen atoms in total. The van der Waals surface area contributed by atoms with Crippen molar-refractivity contribution in [3.63, 3.8) is 0 Å². The van der Waals surface area contributed by atoms with Gasteiger partial charge in [0.05, 0.1) is 32.7 Å². The molecule has 0 atom stereocenters. The normalized spacial score (nSPS) is 10.7. The van der Waals surface area contributed by atoms with Crippen LogP contribution in [-0.2, 0) is 6.54 Å². The molecule has 3 aromatic rings. The maximum atomic E-state index is 10.7. The van der Waals surface area contributed by atoms with Gasteiger partial charge in [-0.1, -0.05) is 64.1 Å². The smallest absolute Gasteiger partial charge is 0.335 e. The number of nitrogens with zero attached hydrogens (tertiary/aromatic N) is 1. The van der Waals surface area contributed by atoms with Gasteiger partial charge in [-0.3, -0.25) is 0 Å². The highest BCUT2D eigenvalue weighted by molar-refractivity contribution is 8.76. The van der Waals surface area contributed by atoms with E-state index < -0.39 is 11.9 Å². The van der Waals surface area contributed by atoms with Gasteiger partial charge in [-0.05, 0) is 42.0 Å². The molecule has 1 N–H and O–H groups in total. The average Bonchev–Trinajstić information content (AvgIpc) is 2.73. The second-order valence-corrected chi connectivity index (χ2v) is 10.0. The van der Waals surface area contributed by atoms with Crippen LogP contribution in [0.1, 0.15) is 26.3 Å². The number of rotatable bonds is 7. The van der Waals surface area contributed by atoms with Crippen LogP contribution in [0.4, 0.5) is 0 Å². The fraction of sp³-hybridized carbons (Fsp3) is 0.167. The van der Waals surface area contributed by atoms with Crippen molar-refractivity contribution in [2.45, 2.75) is 16.3 Å². The lowest BCUT2D eigenvalue weighted by Gasteiger charge is -2.23. The first kappa shape index (κ1) is 24.5. The molecule has 0 radical (unpaired) electrons. The van der Waals surface area contributed by atoms with Gasteiger partial charge in [-0.25, -0.2) is 4.79 Å². The number of carboxylic acids is 2. The molecular formula is C24H25NO4S2. The molecule has 0 saturated heterocycles. The van der Waals surface area contributed by atoms with Gasteiger partial charge in [0.15, 0.2) is 0 Å². The number of benzene rings is 3. The van der Waals surface area contributed by atoms with Crippen molar-refractivity contribution in [3.8, 4) is 0 Å². The molecule has 7 heteroatoms. The van der Waals surface area contributed by atoms with Crippen LogP contribution in [0.25, 0.3) is 0 Å². The summed E-state index contributed by atoms with van der Waals surface area (Å²) in [5.74, 6) is -2.15. The Balaban J connectivity index is 0.000000262. The summed E-state index contributed by atoms with van der Waals surface area (Å²) in [5.41, 5.74) is 1.79. The van der Waals surface area contributed by atoms with Gasteiger partial charge in [0.2, 0.25) is 0 Å². The fourth-order valence-electron chi connectivity index (χ4n) is 2.53. The zero-order valence-electron chi connectivity index (χ0n) is 17.6. The topological polar surface area (TPSA) is 77.4 Å². The van der Waals surface area contributed by atoms with Gasteiger partial charge in [-0.2, -0.15) is 0 Å². The summed E-state index contributed by atoms with van der Waals surface area (Å²) in [6, 6.07) is 23.5. The van der Waals surface area contributed by atoms with E-state index in [0.29, 0.717) is 0 Å². The van der Waals surface area contributed by atoms with E-state index in [4.69, 9.17) is 5.11 Å². The first-order valence-electron chi connectivity index (χ1n) is 9.48. The number of quaternary nitrogens is 1. The van der Waals surface area contributed by atoms with Crippen LogP contribution in [0.5, 0.6) is 0 Å². The number of carboxylic acid groups (broad SMARTS) is 2. The number of hydrogen-bond acceptors (Lipinski definition) is 5. The molecule has 0 amide bonds. The lowest BCUT2D eigenvalue weighted by atomic mass is 10.2. The van der Waals surface area contributed by atoms with Crippen molar-refractivity contribution in [2.75, 3.05) is 21.1 Å². The molecule has 0 saturated carbocycles. The molecule has 0 spiro atoms. The third-order valence-corrected chi connectivity index (χ3v) is 6.34. The van der Waals surface area contributed by atoms with Crippen molar-refractivity contribution in [2.24, 2.45) is 0 Å². The summed E-state index contributed by atoms with van der Waals surface area (Å²) in [7, 11) is 9.54. The standard InChI is InChI=1S/C14H10O4S2.C10H16N/c15-13(16)9-1-5-11(6-2-9)19-20-12-7-3-10(4-8-12)14(17)18;1-11(2,3)9-10-7-5-4-6-8-10/h1-8H,(H,15,16)(H,17,18);4-8H,9H2,1-3H3/q;+1/p-1. The van der Waals surface area contributed by atoms with E-state index in [1.54, 1.807) is 36.4 Å². The summed E-state index contributed by atoms with van der Waals surface area (Å²) in [6.45, 7) is 1.10. The molecule has 3 rings (SSSR count). The van der Waals surface area contributed by atoms with Crippen molar-refractivity contribution >= 4 is 33.5 Å². The van der Waals surface area contributed by atoms with Gasteiger partial charge >= 0.3 is 5.97 Å². The van der Waals surface area contributed by atoms with Crippen LogP contribution in [0.15, 0.2) is 88.7 Å². The number of carbonyl (C=O) groups is 2. The Hall–Kier alpha value is -2.74. The Labute approximate surface area is 190 Å². The summed E-state index contributed by atoms with van der Waals surface area (Å²) >= 11 is 0. The highest BCUT2D eigenvalue weighted by atomic mass is 33.1. The van der Waals surface area contributed by atoms with E-state index >= 15 is 0 Å². The summed E-state index contributed by atoms with van der Waals surface area (Å²) in [5, 5.41) is 19.4. The number of hydrogen-bond donors (Lipinski definition) is 1. The van der Waals surface area contributed by atoms with E-state index in [9.17, 15) is 14.7 Å². The Morgan fingerprint density at radius 1 is 0.774 bits per heavy atom. The minimum atomic E-state index is -1.20. The van der Waals surface area contributed by atoms with Crippen molar-refractivity contribution in [1.82, 2.24) is 0 Å². The molecule has 31 heavy (non-hydrogen) atoms. The van der Waals surface area contributed by atoms with E-state index in [2.05, 4.69) is 51.5 Å². The van der Waals surface area contributed by atoms with Gasteiger partial charge in [0.1, 0.15) is 6.54 Å². The monoisotopic (exact) mass is 455 g/mol. The molecule has 0 aliphatic heterocycles. The van der Waals surface area contributed by atoms with Gasteiger partial charge in [-0.15, -0.1) is 0 Å². The van der Waals surface area contributed by atoms with Gasteiger partial charge in [0.25, 0.3) is 0 Å². The molecule has 0 heterocycles. The SMILES string of the molecule is C[N+](C)(C)Cc1ccccc1.O=C([O-])c1ccc(SSc2ccc(C(=O)O)cc2)cc1. The van der Waals surface area contributed by atoms with Crippen LogP contribution < -0.4 is 5.11 Å². The van der Waals surface area contributed by atoms with Gasteiger partial charge < -0.3 is 19.5 Å². The van der Waals surface area contributed by atoms with E-state index in [1.807, 2.05) is 0 Å². The zero-order chi connectivity index (χ0) is 22.9. The second-order valence-electron chi connectivity index (χ2n) is 7.74. The van der Waals surface area contributed by atoms with Crippen molar-refractivity contribution in [3.05, 3.63) is 95.6 Å². The largest absolute Gasteiger partial charge is 0.545 e. The van der Waals surface area contributed by atoms with Crippen LogP contribution in [0.3, 0.4) is 0 Å². The minimum Gasteiger partial charge on any atom is -0.545 e. The fourth-order valence-corrected chi connectivity index (χ4v) is 4.46. The third-order valence-electron chi connectivity index (χ3n) is 3.93. The molecular weight excluding hydrogens is 430 g/mol. The molecule has 0 fully saturated rings. The number of aromatic carboxylic acids is 2. The third kappa shape index (κ3) is 9.29. The van der Waals surface area contributed by atoms with Crippen LogP contribution in [-0.4, -0.2) is 42.7 Å². The second kappa shape index (κ2) is 11.6. The highest BCUT2D eigenvalue weighted by Gasteiger charge is 2.06. The summed E-state index contributed by atoms with van der Waals surface area (Å²) < 4.78 is 0.990. The molecule has 0 bridgehead atoms. The molecule has 162 valence electrons. The van der Waals surface area contributed by atoms with Crippen molar-refractivity contribution in [1.29, 1.82) is 0 Å². The average molecular weight is 456 g/mol. The highest BCUT2D eigenvalue weighted by Crippen LogP contribution is 2.37. The minimum absolute atomic E-state index is 0.144.